The monoisotopic (exact) mass is 434 g/mol. The Labute approximate surface area is 188 Å². The number of carboxylic acids is 1. The average molecular weight is 435 g/mol. The van der Waals surface area contributed by atoms with Crippen molar-refractivity contribution >= 4 is 12.1 Å². The van der Waals surface area contributed by atoms with E-state index in [4.69, 9.17) is 4.74 Å². The summed E-state index contributed by atoms with van der Waals surface area (Å²) in [6, 6.07) is 8.62. The fourth-order valence-electron chi connectivity index (χ4n) is 3.62. The maximum Gasteiger partial charge on any atom is 0.410 e. The summed E-state index contributed by atoms with van der Waals surface area (Å²) in [7, 11) is 3.93. The molecule has 0 saturated carbocycles. The Morgan fingerprint density at radius 1 is 0.903 bits per heavy atom. The summed E-state index contributed by atoms with van der Waals surface area (Å²) in [4.78, 5) is 28.2. The molecule has 31 heavy (non-hydrogen) atoms. The highest BCUT2D eigenvalue weighted by Crippen LogP contribution is 2.16. The maximum atomic E-state index is 12.8. The van der Waals surface area contributed by atoms with Gasteiger partial charge in [-0.05, 0) is 39.0 Å². The highest BCUT2D eigenvalue weighted by Gasteiger charge is 2.30. The highest BCUT2D eigenvalue weighted by atomic mass is 16.6. The van der Waals surface area contributed by atoms with Crippen LogP contribution in [0.1, 0.15) is 76.7 Å². The third kappa shape index (κ3) is 12.4. The zero-order chi connectivity index (χ0) is 22.9. The normalized spacial score (nSPS) is 12.0. The van der Waals surface area contributed by atoms with E-state index in [9.17, 15) is 14.7 Å². The van der Waals surface area contributed by atoms with E-state index in [2.05, 4.69) is 6.92 Å². The van der Waals surface area contributed by atoms with E-state index in [0.717, 1.165) is 31.4 Å². The van der Waals surface area contributed by atoms with Crippen LogP contribution in [-0.4, -0.2) is 60.2 Å². The number of amides is 1. The second-order valence-corrected chi connectivity index (χ2v) is 8.51. The summed E-state index contributed by atoms with van der Waals surface area (Å²) in [5.74, 6) is -0.954. The van der Waals surface area contributed by atoms with Gasteiger partial charge in [-0.3, -0.25) is 4.90 Å². The Hall–Kier alpha value is -2.08. The molecule has 0 spiro atoms. The lowest BCUT2D eigenvalue weighted by Gasteiger charge is -2.29. The van der Waals surface area contributed by atoms with Crippen LogP contribution in [0.4, 0.5) is 4.79 Å². The van der Waals surface area contributed by atoms with Crippen LogP contribution in [-0.2, 0) is 16.1 Å². The van der Waals surface area contributed by atoms with Gasteiger partial charge < -0.3 is 14.7 Å². The molecule has 0 heterocycles. The first kappa shape index (κ1) is 27.0. The average Bonchev–Trinajstić information content (AvgIpc) is 2.75. The Morgan fingerprint density at radius 2 is 1.52 bits per heavy atom. The van der Waals surface area contributed by atoms with Crippen LogP contribution in [0, 0.1) is 0 Å². The molecular formula is C25H42N2O4. The number of rotatable bonds is 17. The van der Waals surface area contributed by atoms with Crippen molar-refractivity contribution in [1.82, 2.24) is 9.80 Å². The Bertz CT molecular complexity index is 607. The molecule has 0 radical (unpaired) electrons. The molecule has 0 fully saturated rings. The number of aliphatic carboxylic acids is 1. The zero-order valence-corrected chi connectivity index (χ0v) is 19.7. The molecule has 1 unspecified atom stereocenters. The lowest BCUT2D eigenvalue weighted by molar-refractivity contribution is -0.143. The quantitative estimate of drug-likeness (QED) is 0.325. The molecule has 1 aromatic rings. The molecule has 0 aliphatic heterocycles. The molecule has 1 aromatic carbocycles. The molecule has 1 rings (SSSR count). The molecule has 1 N–H and O–H groups in total. The number of nitrogens with zero attached hydrogens (tertiary/aromatic N) is 2. The Kier molecular flexibility index (Phi) is 14.4. The van der Waals surface area contributed by atoms with E-state index in [1.54, 1.807) is 0 Å². The molecule has 1 atom stereocenters. The number of ether oxygens (including phenoxy) is 1. The van der Waals surface area contributed by atoms with Gasteiger partial charge in [-0.15, -0.1) is 0 Å². The zero-order valence-electron chi connectivity index (χ0n) is 19.7. The first-order valence-corrected chi connectivity index (χ1v) is 11.8. The summed E-state index contributed by atoms with van der Waals surface area (Å²) in [6.07, 6.45) is 9.80. The number of hydrogen-bond donors (Lipinski definition) is 1. The van der Waals surface area contributed by atoms with E-state index in [1.165, 1.54) is 37.0 Å². The second-order valence-electron chi connectivity index (χ2n) is 8.51. The Balaban J connectivity index is 2.60. The van der Waals surface area contributed by atoms with Crippen LogP contribution in [0.15, 0.2) is 30.3 Å². The van der Waals surface area contributed by atoms with Crippen molar-refractivity contribution in [3.05, 3.63) is 35.9 Å². The van der Waals surface area contributed by atoms with Gasteiger partial charge >= 0.3 is 12.1 Å². The minimum atomic E-state index is -0.954. The summed E-state index contributed by atoms with van der Waals surface area (Å²) in [5, 5.41) is 9.83. The number of hydrogen-bond acceptors (Lipinski definition) is 4. The van der Waals surface area contributed by atoms with Gasteiger partial charge in [0.15, 0.2) is 0 Å². The molecule has 0 aromatic heterocycles. The van der Waals surface area contributed by atoms with Crippen LogP contribution in [0.25, 0.3) is 0 Å². The smallest absolute Gasteiger partial charge is 0.410 e. The minimum Gasteiger partial charge on any atom is -0.480 e. The van der Waals surface area contributed by atoms with Crippen LogP contribution >= 0.6 is 0 Å². The van der Waals surface area contributed by atoms with Crippen molar-refractivity contribution in [2.24, 2.45) is 0 Å². The van der Waals surface area contributed by atoms with Gasteiger partial charge in [-0.25, -0.2) is 9.59 Å². The third-order valence-corrected chi connectivity index (χ3v) is 5.44. The topological polar surface area (TPSA) is 70.1 Å². The van der Waals surface area contributed by atoms with Crippen molar-refractivity contribution in [2.45, 2.75) is 83.8 Å². The first-order valence-electron chi connectivity index (χ1n) is 11.8. The van der Waals surface area contributed by atoms with Crippen LogP contribution in [0.3, 0.4) is 0 Å². The SMILES string of the molecule is CCCCCCCCCCC(C(=O)O)N(CCCN(C)C)C(=O)OCc1ccccc1. The van der Waals surface area contributed by atoms with E-state index in [0.29, 0.717) is 19.4 Å². The van der Waals surface area contributed by atoms with Crippen molar-refractivity contribution < 1.29 is 19.4 Å². The van der Waals surface area contributed by atoms with E-state index in [1.807, 2.05) is 49.3 Å². The molecule has 176 valence electrons. The van der Waals surface area contributed by atoms with Crippen LogP contribution in [0.2, 0.25) is 0 Å². The molecule has 1 amide bonds. The number of unbranched alkanes of at least 4 members (excludes halogenated alkanes) is 7. The molecule has 0 saturated heterocycles. The fraction of sp³-hybridized carbons (Fsp3) is 0.680. The van der Waals surface area contributed by atoms with E-state index in [-0.39, 0.29) is 6.61 Å². The lowest BCUT2D eigenvalue weighted by atomic mass is 10.0. The van der Waals surface area contributed by atoms with Crippen molar-refractivity contribution in [2.75, 3.05) is 27.2 Å². The molecule has 6 nitrogen and oxygen atoms in total. The van der Waals surface area contributed by atoms with E-state index >= 15 is 0 Å². The second kappa shape index (κ2) is 16.6. The summed E-state index contributed by atoms with van der Waals surface area (Å²) in [5.41, 5.74) is 0.888. The number of carbonyl (C=O) groups is 2. The first-order chi connectivity index (χ1) is 15.0. The molecule has 0 aliphatic rings. The van der Waals surface area contributed by atoms with Crippen molar-refractivity contribution in [3.8, 4) is 0 Å². The molecular weight excluding hydrogens is 392 g/mol. The van der Waals surface area contributed by atoms with E-state index < -0.39 is 18.1 Å². The standard InChI is InChI=1S/C25H42N2O4/c1-4-5-6-7-8-9-10-14-18-23(24(28)29)27(20-15-19-26(2)3)25(30)31-21-22-16-12-11-13-17-22/h11-13,16-17,23H,4-10,14-15,18-21H2,1-3H3,(H,28,29). The number of carbonyl (C=O) groups excluding carboxylic acids is 1. The minimum absolute atomic E-state index is 0.147. The summed E-state index contributed by atoms with van der Waals surface area (Å²) < 4.78 is 5.47. The van der Waals surface area contributed by atoms with Crippen molar-refractivity contribution in [1.29, 1.82) is 0 Å². The largest absolute Gasteiger partial charge is 0.480 e. The lowest BCUT2D eigenvalue weighted by Crippen LogP contribution is -2.46. The van der Waals surface area contributed by atoms with Gasteiger partial charge in [0.1, 0.15) is 12.6 Å². The third-order valence-electron chi connectivity index (χ3n) is 5.44. The van der Waals surface area contributed by atoms with Crippen LogP contribution in [0.5, 0.6) is 0 Å². The highest BCUT2D eigenvalue weighted by molar-refractivity contribution is 5.80. The number of carboxylic acid groups (broad SMARTS) is 1. The van der Waals surface area contributed by atoms with Gasteiger partial charge in [0.2, 0.25) is 0 Å². The van der Waals surface area contributed by atoms with Crippen LogP contribution < -0.4 is 0 Å². The molecule has 6 heteroatoms. The van der Waals surface area contributed by atoms with Crippen molar-refractivity contribution in [3.63, 3.8) is 0 Å². The maximum absolute atomic E-state index is 12.8. The molecule has 0 bridgehead atoms. The summed E-state index contributed by atoms with van der Waals surface area (Å²) >= 11 is 0. The van der Waals surface area contributed by atoms with Gasteiger partial charge in [-0.2, -0.15) is 0 Å². The van der Waals surface area contributed by atoms with Gasteiger partial charge in [-0.1, -0.05) is 88.6 Å². The fourth-order valence-corrected chi connectivity index (χ4v) is 3.62. The van der Waals surface area contributed by atoms with Gasteiger partial charge in [0, 0.05) is 6.54 Å². The predicted octanol–water partition coefficient (Wildman–Crippen LogP) is 5.56. The number of benzene rings is 1. The van der Waals surface area contributed by atoms with Gasteiger partial charge in [0.05, 0.1) is 0 Å². The predicted molar refractivity (Wildman–Crippen MR) is 125 cm³/mol. The molecule has 0 aliphatic carbocycles. The Morgan fingerprint density at radius 3 is 2.10 bits per heavy atom. The summed E-state index contributed by atoms with van der Waals surface area (Å²) in [6.45, 7) is 3.52. The van der Waals surface area contributed by atoms with Gasteiger partial charge in [0.25, 0.3) is 0 Å².